The highest BCUT2D eigenvalue weighted by molar-refractivity contribution is 7.15. The van der Waals surface area contributed by atoms with Gasteiger partial charge in [-0.1, -0.05) is 0 Å². The van der Waals surface area contributed by atoms with Crippen LogP contribution >= 0.6 is 11.3 Å². The van der Waals surface area contributed by atoms with E-state index in [9.17, 15) is 0 Å². The fraction of sp³-hybridized carbons (Fsp3) is 0.500. The molecule has 50 valence electrons. The van der Waals surface area contributed by atoms with Crippen molar-refractivity contribution in [1.82, 2.24) is 4.98 Å². The number of rotatable bonds is 1. The van der Waals surface area contributed by atoms with Crippen molar-refractivity contribution in [3.8, 4) is 0 Å². The van der Waals surface area contributed by atoms with Crippen molar-refractivity contribution in [1.29, 1.82) is 0 Å². The zero-order valence-corrected chi connectivity index (χ0v) is 6.70. The molecule has 0 bridgehead atoms. The summed E-state index contributed by atoms with van der Waals surface area (Å²) >= 11 is 1.71. The Bertz CT molecular complexity index is 193. The van der Waals surface area contributed by atoms with Crippen molar-refractivity contribution >= 4 is 16.5 Å². The van der Waals surface area contributed by atoms with E-state index >= 15 is 0 Å². The molecule has 0 spiro atoms. The average Bonchev–Trinajstić information content (AvgIpc) is 2.14. The molecule has 0 amide bonds. The van der Waals surface area contributed by atoms with Crippen LogP contribution in [0.15, 0.2) is 6.20 Å². The van der Waals surface area contributed by atoms with Gasteiger partial charge in [-0.15, -0.1) is 11.3 Å². The topological polar surface area (TPSA) is 16.1 Å². The van der Waals surface area contributed by atoms with Gasteiger partial charge >= 0.3 is 0 Å². The third-order valence-corrected chi connectivity index (χ3v) is 2.07. The van der Waals surface area contributed by atoms with Crippen LogP contribution in [0.25, 0.3) is 0 Å². The fourth-order valence-electron chi connectivity index (χ4n) is 0.550. The largest absolute Gasteiger partial charge is 0.354 e. The van der Waals surface area contributed by atoms with Crippen LogP contribution in [-0.4, -0.2) is 19.1 Å². The lowest BCUT2D eigenvalue weighted by molar-refractivity contribution is 1.10. The first kappa shape index (κ1) is 6.55. The third kappa shape index (κ3) is 1.42. The van der Waals surface area contributed by atoms with E-state index in [-0.39, 0.29) is 0 Å². The molecule has 3 heteroatoms. The SMILES string of the molecule is Cc1cnc(N(C)C)s1. The second-order valence-corrected chi connectivity index (χ2v) is 3.36. The van der Waals surface area contributed by atoms with Gasteiger partial charge in [-0.05, 0) is 6.92 Å². The first-order chi connectivity index (χ1) is 4.20. The number of anilines is 1. The summed E-state index contributed by atoms with van der Waals surface area (Å²) in [6.45, 7) is 2.06. The summed E-state index contributed by atoms with van der Waals surface area (Å²) in [6, 6.07) is 0. The van der Waals surface area contributed by atoms with E-state index in [2.05, 4.69) is 11.9 Å². The zero-order valence-electron chi connectivity index (χ0n) is 5.88. The fourth-order valence-corrected chi connectivity index (χ4v) is 1.23. The van der Waals surface area contributed by atoms with Crippen LogP contribution in [-0.2, 0) is 0 Å². The molecular weight excluding hydrogens is 132 g/mol. The molecule has 2 nitrogen and oxygen atoms in total. The standard InChI is InChI=1S/C6H10N2S/c1-5-4-7-6(9-5)8(2)3/h4H,1-3H3. The van der Waals surface area contributed by atoms with E-state index in [0.29, 0.717) is 0 Å². The van der Waals surface area contributed by atoms with Crippen LogP contribution < -0.4 is 4.90 Å². The van der Waals surface area contributed by atoms with Gasteiger partial charge < -0.3 is 4.90 Å². The average molecular weight is 142 g/mol. The summed E-state index contributed by atoms with van der Waals surface area (Å²) in [6.07, 6.45) is 1.89. The Morgan fingerprint density at radius 2 is 2.22 bits per heavy atom. The summed E-state index contributed by atoms with van der Waals surface area (Å²) in [4.78, 5) is 7.43. The van der Waals surface area contributed by atoms with Crippen LogP contribution in [0.2, 0.25) is 0 Å². The Labute approximate surface area is 59.1 Å². The molecule has 0 unspecified atom stereocenters. The second kappa shape index (κ2) is 2.35. The smallest absolute Gasteiger partial charge is 0.184 e. The maximum Gasteiger partial charge on any atom is 0.184 e. The number of nitrogens with zero attached hydrogens (tertiary/aromatic N) is 2. The molecule has 0 aliphatic rings. The monoisotopic (exact) mass is 142 g/mol. The van der Waals surface area contributed by atoms with Crippen molar-refractivity contribution in [3.05, 3.63) is 11.1 Å². The van der Waals surface area contributed by atoms with Crippen molar-refractivity contribution < 1.29 is 0 Å². The predicted molar refractivity (Wildman–Crippen MR) is 41.2 cm³/mol. The minimum absolute atomic E-state index is 1.08. The van der Waals surface area contributed by atoms with Gasteiger partial charge in [0, 0.05) is 25.2 Å². The van der Waals surface area contributed by atoms with Gasteiger partial charge in [0.15, 0.2) is 5.13 Å². The Kier molecular flexibility index (Phi) is 1.71. The molecule has 9 heavy (non-hydrogen) atoms. The summed E-state index contributed by atoms with van der Waals surface area (Å²) in [5, 5.41) is 1.08. The molecule has 0 atom stereocenters. The van der Waals surface area contributed by atoms with Crippen molar-refractivity contribution in [2.75, 3.05) is 19.0 Å². The first-order valence-corrected chi connectivity index (χ1v) is 3.61. The number of thiazole rings is 1. The number of hydrogen-bond donors (Lipinski definition) is 0. The first-order valence-electron chi connectivity index (χ1n) is 2.80. The van der Waals surface area contributed by atoms with E-state index < -0.39 is 0 Å². The Balaban J connectivity index is 2.85. The van der Waals surface area contributed by atoms with Crippen molar-refractivity contribution in [3.63, 3.8) is 0 Å². The molecule has 0 aliphatic heterocycles. The molecule has 0 fully saturated rings. The highest BCUT2D eigenvalue weighted by Gasteiger charge is 1.97. The maximum absolute atomic E-state index is 4.16. The lowest BCUT2D eigenvalue weighted by Crippen LogP contribution is -2.07. The predicted octanol–water partition coefficient (Wildman–Crippen LogP) is 1.52. The molecule has 0 aromatic carbocycles. The van der Waals surface area contributed by atoms with Gasteiger partial charge in [0.1, 0.15) is 0 Å². The van der Waals surface area contributed by atoms with E-state index in [0.717, 1.165) is 5.13 Å². The minimum Gasteiger partial charge on any atom is -0.354 e. The zero-order chi connectivity index (χ0) is 6.85. The van der Waals surface area contributed by atoms with Gasteiger partial charge in [-0.2, -0.15) is 0 Å². The summed E-state index contributed by atoms with van der Waals surface area (Å²) in [7, 11) is 4.00. The number of hydrogen-bond acceptors (Lipinski definition) is 3. The summed E-state index contributed by atoms with van der Waals surface area (Å²) in [5.41, 5.74) is 0. The Hall–Kier alpha value is -0.570. The molecule has 1 rings (SSSR count). The Morgan fingerprint density at radius 1 is 1.56 bits per heavy atom. The molecule has 1 aromatic heterocycles. The van der Waals surface area contributed by atoms with E-state index in [1.54, 1.807) is 11.3 Å². The quantitative estimate of drug-likeness (QED) is 0.591. The van der Waals surface area contributed by atoms with Gasteiger partial charge in [0.25, 0.3) is 0 Å². The van der Waals surface area contributed by atoms with Gasteiger partial charge in [0.05, 0.1) is 0 Å². The van der Waals surface area contributed by atoms with Crippen LogP contribution in [0.1, 0.15) is 4.88 Å². The molecule has 0 N–H and O–H groups in total. The molecule has 0 saturated heterocycles. The lowest BCUT2D eigenvalue weighted by atomic mass is 10.7. The van der Waals surface area contributed by atoms with E-state index in [1.165, 1.54) is 4.88 Å². The van der Waals surface area contributed by atoms with Gasteiger partial charge in [-0.3, -0.25) is 0 Å². The summed E-state index contributed by atoms with van der Waals surface area (Å²) < 4.78 is 0. The minimum atomic E-state index is 1.08. The van der Waals surface area contributed by atoms with Crippen LogP contribution in [0.4, 0.5) is 5.13 Å². The molecule has 0 aliphatic carbocycles. The highest BCUT2D eigenvalue weighted by atomic mass is 32.1. The highest BCUT2D eigenvalue weighted by Crippen LogP contribution is 2.18. The molecule has 1 aromatic rings. The normalized spacial score (nSPS) is 9.67. The van der Waals surface area contributed by atoms with Crippen LogP contribution in [0.3, 0.4) is 0 Å². The molecular formula is C6H10N2S. The number of aromatic nitrogens is 1. The summed E-state index contributed by atoms with van der Waals surface area (Å²) in [5.74, 6) is 0. The van der Waals surface area contributed by atoms with Gasteiger partial charge in [-0.25, -0.2) is 4.98 Å². The lowest BCUT2D eigenvalue weighted by Gasteiger charge is -2.04. The van der Waals surface area contributed by atoms with Crippen molar-refractivity contribution in [2.45, 2.75) is 6.92 Å². The van der Waals surface area contributed by atoms with Crippen LogP contribution in [0.5, 0.6) is 0 Å². The maximum atomic E-state index is 4.16. The van der Waals surface area contributed by atoms with E-state index in [1.807, 2.05) is 25.2 Å². The van der Waals surface area contributed by atoms with Crippen molar-refractivity contribution in [2.24, 2.45) is 0 Å². The third-order valence-electron chi connectivity index (χ3n) is 0.992. The molecule has 0 radical (unpaired) electrons. The Morgan fingerprint density at radius 3 is 2.44 bits per heavy atom. The second-order valence-electron chi connectivity index (χ2n) is 2.15. The van der Waals surface area contributed by atoms with E-state index in [4.69, 9.17) is 0 Å². The number of aryl methyl sites for hydroxylation is 1. The van der Waals surface area contributed by atoms with Gasteiger partial charge in [0.2, 0.25) is 0 Å². The van der Waals surface area contributed by atoms with Crippen LogP contribution in [0, 0.1) is 6.92 Å². The molecule has 1 heterocycles. The molecule has 0 saturated carbocycles.